The van der Waals surface area contributed by atoms with Crippen LogP contribution in [0.25, 0.3) is 11.3 Å². The van der Waals surface area contributed by atoms with Crippen LogP contribution in [0.4, 0.5) is 10.2 Å². The van der Waals surface area contributed by atoms with Crippen molar-refractivity contribution >= 4 is 11.7 Å². The van der Waals surface area contributed by atoms with E-state index in [2.05, 4.69) is 5.32 Å². The van der Waals surface area contributed by atoms with Crippen molar-refractivity contribution in [1.29, 1.82) is 0 Å². The van der Waals surface area contributed by atoms with E-state index in [1.165, 1.54) is 51.5 Å². The third-order valence-corrected chi connectivity index (χ3v) is 8.00. The van der Waals surface area contributed by atoms with Crippen LogP contribution in [-0.4, -0.2) is 15.9 Å². The highest BCUT2D eigenvalue weighted by Crippen LogP contribution is 2.61. The van der Waals surface area contributed by atoms with Crippen molar-refractivity contribution in [3.8, 4) is 11.3 Å². The summed E-state index contributed by atoms with van der Waals surface area (Å²) in [5.41, 5.74) is 5.02. The van der Waals surface area contributed by atoms with Crippen LogP contribution in [0.5, 0.6) is 0 Å². The molecule has 1 aromatic heterocycles. The molecule has 156 valence electrons. The lowest BCUT2D eigenvalue weighted by atomic mass is 9.48. The van der Waals surface area contributed by atoms with E-state index in [1.54, 1.807) is 6.07 Å². The molecule has 4 fully saturated rings. The van der Waals surface area contributed by atoms with Gasteiger partial charge in [-0.05, 0) is 105 Å². The Labute approximate surface area is 176 Å². The molecule has 4 nitrogen and oxygen atoms in total. The molecule has 1 amide bonds. The highest BCUT2D eigenvalue weighted by molar-refractivity contribution is 5.88. The minimum absolute atomic E-state index is 0.103. The third kappa shape index (κ3) is 3.05. The number of carbonyl (C=O) groups is 1. The number of hydrogen-bond donors (Lipinski definition) is 1. The molecule has 5 heteroatoms. The van der Waals surface area contributed by atoms with E-state index in [0.29, 0.717) is 11.2 Å². The van der Waals surface area contributed by atoms with Crippen LogP contribution >= 0.6 is 0 Å². The Hall–Kier alpha value is -2.30. The van der Waals surface area contributed by atoms with E-state index in [1.807, 2.05) is 6.07 Å². The fourth-order valence-electron chi connectivity index (χ4n) is 7.40. The molecule has 0 radical (unpaired) electrons. The summed E-state index contributed by atoms with van der Waals surface area (Å²) in [7, 11) is 0. The lowest BCUT2D eigenvalue weighted by molar-refractivity contribution is -0.114. The van der Waals surface area contributed by atoms with Crippen LogP contribution in [0.15, 0.2) is 18.2 Å². The molecule has 2 aromatic rings. The van der Waals surface area contributed by atoms with Gasteiger partial charge in [0.2, 0.25) is 5.91 Å². The lowest BCUT2D eigenvalue weighted by Gasteiger charge is -2.57. The van der Waals surface area contributed by atoms with Crippen molar-refractivity contribution in [3.63, 3.8) is 0 Å². The molecule has 0 unspecified atom stereocenters. The first-order valence-electron chi connectivity index (χ1n) is 11.4. The Morgan fingerprint density at radius 3 is 2.47 bits per heavy atom. The fraction of sp³-hybridized carbons (Fsp3) is 0.560. The summed E-state index contributed by atoms with van der Waals surface area (Å²) >= 11 is 0. The predicted molar refractivity (Wildman–Crippen MR) is 113 cm³/mol. The van der Waals surface area contributed by atoms with Crippen LogP contribution in [-0.2, 0) is 24.1 Å². The second-order valence-corrected chi connectivity index (χ2v) is 10.4. The van der Waals surface area contributed by atoms with Crippen molar-refractivity contribution in [2.75, 3.05) is 5.32 Å². The molecule has 1 aromatic carbocycles. The van der Waals surface area contributed by atoms with Gasteiger partial charge >= 0.3 is 0 Å². The maximum absolute atomic E-state index is 13.8. The number of benzene rings is 1. The molecule has 1 heterocycles. The number of carbonyl (C=O) groups excluding carboxylic acids is 1. The summed E-state index contributed by atoms with van der Waals surface area (Å²) in [6.45, 7) is 1.54. The smallest absolute Gasteiger partial charge is 0.222 e. The van der Waals surface area contributed by atoms with Gasteiger partial charge in [-0.2, -0.15) is 0 Å². The molecule has 7 rings (SSSR count). The second kappa shape index (κ2) is 6.60. The average Bonchev–Trinajstić information content (AvgIpc) is 2.66. The number of nitrogens with zero attached hydrogens (tertiary/aromatic N) is 2. The zero-order chi connectivity index (χ0) is 20.5. The summed E-state index contributed by atoms with van der Waals surface area (Å²) in [6, 6.07) is 4.97. The molecule has 0 saturated heterocycles. The molecule has 5 aliphatic rings. The molecule has 4 saturated carbocycles. The first kappa shape index (κ1) is 18.5. The van der Waals surface area contributed by atoms with E-state index in [9.17, 15) is 9.18 Å². The SMILES string of the molecule is CC(=O)Nc1nc2c(nc1CC13CC4CC(CC(C4)C1)C3)-c1ccc(F)cc1CC2. The van der Waals surface area contributed by atoms with E-state index >= 15 is 0 Å². The number of aromatic nitrogens is 2. The van der Waals surface area contributed by atoms with Crippen LogP contribution in [0.1, 0.15) is 62.4 Å². The van der Waals surface area contributed by atoms with Crippen molar-refractivity contribution in [1.82, 2.24) is 9.97 Å². The van der Waals surface area contributed by atoms with Crippen LogP contribution < -0.4 is 5.32 Å². The minimum atomic E-state index is -0.200. The lowest BCUT2D eigenvalue weighted by Crippen LogP contribution is -2.47. The van der Waals surface area contributed by atoms with Gasteiger partial charge in [0.1, 0.15) is 5.82 Å². The van der Waals surface area contributed by atoms with Crippen molar-refractivity contribution in [3.05, 3.63) is 41.0 Å². The number of anilines is 1. The number of halogens is 1. The molecule has 0 atom stereocenters. The quantitative estimate of drug-likeness (QED) is 0.773. The number of aryl methyl sites for hydroxylation is 2. The highest BCUT2D eigenvalue weighted by Gasteiger charge is 2.51. The first-order valence-corrected chi connectivity index (χ1v) is 11.4. The standard InChI is InChI=1S/C25H28FN3O/c1-14(30)27-24-22(13-25-10-15-6-16(11-25)8-17(7-15)12-25)28-23-20-4-3-19(26)9-18(20)2-5-21(23)29-24/h3-4,9,15-17H,2,5-8,10-13H2,1H3,(H,27,29,30). The highest BCUT2D eigenvalue weighted by atomic mass is 19.1. The van der Waals surface area contributed by atoms with Gasteiger partial charge in [-0.1, -0.05) is 0 Å². The Morgan fingerprint density at radius 1 is 1.10 bits per heavy atom. The number of hydrogen-bond acceptors (Lipinski definition) is 3. The number of rotatable bonds is 3. The van der Waals surface area contributed by atoms with E-state index in [4.69, 9.17) is 9.97 Å². The Balaban J connectivity index is 1.42. The Kier molecular flexibility index (Phi) is 4.06. The predicted octanol–water partition coefficient (Wildman–Crippen LogP) is 5.10. The molecular weight excluding hydrogens is 377 g/mol. The third-order valence-electron chi connectivity index (χ3n) is 8.00. The number of amides is 1. The van der Waals surface area contributed by atoms with Gasteiger partial charge in [0, 0.05) is 12.5 Å². The van der Waals surface area contributed by atoms with Gasteiger partial charge in [-0.15, -0.1) is 0 Å². The zero-order valence-electron chi connectivity index (χ0n) is 17.5. The van der Waals surface area contributed by atoms with Gasteiger partial charge in [0.15, 0.2) is 5.82 Å². The van der Waals surface area contributed by atoms with Crippen molar-refractivity contribution in [2.24, 2.45) is 23.2 Å². The molecule has 4 bridgehead atoms. The van der Waals surface area contributed by atoms with Gasteiger partial charge in [0.05, 0.1) is 17.1 Å². The van der Waals surface area contributed by atoms with E-state index in [-0.39, 0.29) is 11.7 Å². The Bertz CT molecular complexity index is 1010. The number of nitrogens with one attached hydrogen (secondary N) is 1. The summed E-state index contributed by atoms with van der Waals surface area (Å²) in [5.74, 6) is 2.95. The van der Waals surface area contributed by atoms with E-state index < -0.39 is 0 Å². The normalized spacial score (nSPS) is 30.7. The van der Waals surface area contributed by atoms with Crippen LogP contribution in [0.3, 0.4) is 0 Å². The summed E-state index contributed by atoms with van der Waals surface area (Å²) in [4.78, 5) is 21.9. The Morgan fingerprint density at radius 2 is 1.80 bits per heavy atom. The topological polar surface area (TPSA) is 54.9 Å². The van der Waals surface area contributed by atoms with Crippen LogP contribution in [0, 0.1) is 29.0 Å². The largest absolute Gasteiger partial charge is 0.309 e. The molecule has 5 aliphatic carbocycles. The van der Waals surface area contributed by atoms with Gasteiger partial charge in [0.25, 0.3) is 0 Å². The maximum Gasteiger partial charge on any atom is 0.222 e. The van der Waals surface area contributed by atoms with Crippen molar-refractivity contribution < 1.29 is 9.18 Å². The van der Waals surface area contributed by atoms with Gasteiger partial charge < -0.3 is 5.32 Å². The number of fused-ring (bicyclic) bond motifs is 3. The minimum Gasteiger partial charge on any atom is -0.309 e. The first-order chi connectivity index (χ1) is 14.5. The molecule has 0 aliphatic heterocycles. The second-order valence-electron chi connectivity index (χ2n) is 10.4. The fourth-order valence-corrected chi connectivity index (χ4v) is 7.40. The summed E-state index contributed by atoms with van der Waals surface area (Å²) in [5, 5.41) is 2.97. The van der Waals surface area contributed by atoms with Crippen molar-refractivity contribution in [2.45, 2.75) is 64.7 Å². The van der Waals surface area contributed by atoms with E-state index in [0.717, 1.165) is 65.2 Å². The summed E-state index contributed by atoms with van der Waals surface area (Å²) in [6.07, 6.45) is 10.5. The molecule has 0 spiro atoms. The monoisotopic (exact) mass is 405 g/mol. The molecule has 30 heavy (non-hydrogen) atoms. The maximum atomic E-state index is 13.8. The summed E-state index contributed by atoms with van der Waals surface area (Å²) < 4.78 is 13.8. The van der Waals surface area contributed by atoms with Crippen LogP contribution in [0.2, 0.25) is 0 Å². The van der Waals surface area contributed by atoms with Gasteiger partial charge in [-0.25, -0.2) is 14.4 Å². The van der Waals surface area contributed by atoms with Gasteiger partial charge in [-0.3, -0.25) is 4.79 Å². The molecule has 1 N–H and O–H groups in total. The average molecular weight is 406 g/mol. The zero-order valence-corrected chi connectivity index (χ0v) is 17.5. The molecular formula is C25H28FN3O.